The van der Waals surface area contributed by atoms with Crippen molar-refractivity contribution in [3.63, 3.8) is 0 Å². The van der Waals surface area contributed by atoms with Gasteiger partial charge in [-0.3, -0.25) is 9.69 Å². The molecule has 0 radical (unpaired) electrons. The first-order chi connectivity index (χ1) is 12.4. The molecule has 0 aliphatic carbocycles. The topological polar surface area (TPSA) is 42.0 Å². The van der Waals surface area contributed by atoms with E-state index in [1.165, 1.54) is 18.4 Å². The molecular formula is C21H32N2O3. The Hall–Kier alpha value is -1.75. The Morgan fingerprint density at radius 2 is 1.65 bits per heavy atom. The Bertz CT molecular complexity index is 614. The van der Waals surface area contributed by atoms with Crippen LogP contribution in [-0.2, 0) is 11.3 Å². The van der Waals surface area contributed by atoms with Gasteiger partial charge in [0.15, 0.2) is 0 Å². The summed E-state index contributed by atoms with van der Waals surface area (Å²) in [6.07, 6.45) is 4.11. The molecule has 2 aliphatic rings. The van der Waals surface area contributed by atoms with E-state index in [9.17, 15) is 4.79 Å². The van der Waals surface area contributed by atoms with Crippen LogP contribution < -0.4 is 9.47 Å². The number of benzene rings is 1. The van der Waals surface area contributed by atoms with Crippen LogP contribution >= 0.6 is 0 Å². The molecule has 0 atom stereocenters. The molecule has 0 aromatic heterocycles. The fourth-order valence-corrected chi connectivity index (χ4v) is 4.32. The minimum absolute atomic E-state index is 0.307. The summed E-state index contributed by atoms with van der Waals surface area (Å²) in [6.45, 7) is 8.27. The number of rotatable bonds is 5. The third kappa shape index (κ3) is 4.14. The van der Waals surface area contributed by atoms with Gasteiger partial charge in [0.1, 0.15) is 11.5 Å². The predicted molar refractivity (Wildman–Crippen MR) is 103 cm³/mol. The maximum Gasteiger partial charge on any atom is 0.222 e. The lowest BCUT2D eigenvalue weighted by atomic mass is 9.72. The van der Waals surface area contributed by atoms with E-state index in [0.717, 1.165) is 44.1 Å². The van der Waals surface area contributed by atoms with Gasteiger partial charge in [-0.25, -0.2) is 0 Å². The third-order valence-corrected chi connectivity index (χ3v) is 6.05. The van der Waals surface area contributed by atoms with Crippen LogP contribution in [0.5, 0.6) is 11.5 Å². The maximum absolute atomic E-state index is 12.2. The Morgan fingerprint density at radius 1 is 1.04 bits per heavy atom. The molecule has 2 saturated heterocycles. The summed E-state index contributed by atoms with van der Waals surface area (Å²) in [5.41, 5.74) is 1.54. The average molecular weight is 360 g/mol. The van der Waals surface area contributed by atoms with Crippen molar-refractivity contribution in [2.75, 3.05) is 33.9 Å². The van der Waals surface area contributed by atoms with Crippen LogP contribution in [0.1, 0.15) is 45.1 Å². The van der Waals surface area contributed by atoms with Crippen molar-refractivity contribution in [2.45, 2.75) is 52.1 Å². The number of ether oxygens (including phenoxy) is 2. The number of nitrogens with zero attached hydrogens (tertiary/aromatic N) is 2. The molecule has 1 spiro atoms. The zero-order valence-corrected chi connectivity index (χ0v) is 16.6. The molecule has 2 heterocycles. The van der Waals surface area contributed by atoms with Gasteiger partial charge < -0.3 is 14.4 Å². The van der Waals surface area contributed by atoms with E-state index < -0.39 is 0 Å². The lowest BCUT2D eigenvalue weighted by molar-refractivity contribution is -0.141. The van der Waals surface area contributed by atoms with Gasteiger partial charge in [-0.05, 0) is 69.3 Å². The van der Waals surface area contributed by atoms with Crippen LogP contribution in [0, 0.1) is 5.41 Å². The number of likely N-dealkylation sites (tertiary alicyclic amines) is 2. The van der Waals surface area contributed by atoms with Crippen LogP contribution in [0.4, 0.5) is 0 Å². The van der Waals surface area contributed by atoms with Crippen molar-refractivity contribution < 1.29 is 14.3 Å². The normalized spacial score (nSPS) is 20.7. The second-order valence-electron chi connectivity index (χ2n) is 8.11. The van der Waals surface area contributed by atoms with Crippen molar-refractivity contribution in [1.82, 2.24) is 9.80 Å². The van der Waals surface area contributed by atoms with Crippen molar-refractivity contribution in [1.29, 1.82) is 0 Å². The number of methoxy groups -OCH3 is 2. The Balaban J connectivity index is 1.61. The summed E-state index contributed by atoms with van der Waals surface area (Å²) in [7, 11) is 3.38. The summed E-state index contributed by atoms with van der Waals surface area (Å²) in [4.78, 5) is 16.8. The second-order valence-corrected chi connectivity index (χ2v) is 8.11. The van der Waals surface area contributed by atoms with Crippen LogP contribution in [0.3, 0.4) is 0 Å². The molecule has 0 unspecified atom stereocenters. The van der Waals surface area contributed by atoms with E-state index in [1.54, 1.807) is 14.2 Å². The highest BCUT2D eigenvalue weighted by atomic mass is 16.5. The number of carbonyl (C=O) groups excluding carboxylic acids is 1. The van der Waals surface area contributed by atoms with Crippen LogP contribution in [0.2, 0.25) is 0 Å². The minimum atomic E-state index is 0.307. The number of piperidine rings is 2. The van der Waals surface area contributed by atoms with Crippen molar-refractivity contribution in [3.8, 4) is 11.5 Å². The van der Waals surface area contributed by atoms with E-state index in [-0.39, 0.29) is 0 Å². The average Bonchev–Trinajstić information content (AvgIpc) is 2.65. The number of amides is 1. The molecule has 1 aromatic rings. The van der Waals surface area contributed by atoms with Gasteiger partial charge in [0.05, 0.1) is 14.2 Å². The van der Waals surface area contributed by atoms with Crippen LogP contribution in [0.25, 0.3) is 0 Å². The Morgan fingerprint density at radius 3 is 2.19 bits per heavy atom. The summed E-state index contributed by atoms with van der Waals surface area (Å²) in [6, 6.07) is 6.40. The van der Waals surface area contributed by atoms with Crippen LogP contribution in [0.15, 0.2) is 18.2 Å². The fourth-order valence-electron chi connectivity index (χ4n) is 4.32. The lowest BCUT2D eigenvalue weighted by Gasteiger charge is -2.48. The fraction of sp³-hybridized carbons (Fsp3) is 0.667. The predicted octanol–water partition coefficient (Wildman–Crippen LogP) is 3.32. The Labute approximate surface area is 157 Å². The van der Waals surface area contributed by atoms with Crippen molar-refractivity contribution >= 4 is 5.91 Å². The van der Waals surface area contributed by atoms with Gasteiger partial charge >= 0.3 is 0 Å². The maximum atomic E-state index is 12.2. The van der Waals surface area contributed by atoms with Crippen LogP contribution in [-0.4, -0.2) is 55.6 Å². The number of hydrogen-bond donors (Lipinski definition) is 0. The van der Waals surface area contributed by atoms with Crippen molar-refractivity contribution in [3.05, 3.63) is 23.8 Å². The molecule has 5 heteroatoms. The van der Waals surface area contributed by atoms with E-state index in [4.69, 9.17) is 9.47 Å². The molecule has 1 aromatic carbocycles. The number of carbonyl (C=O) groups is 1. The monoisotopic (exact) mass is 360 g/mol. The minimum Gasteiger partial charge on any atom is -0.497 e. The first-order valence-corrected chi connectivity index (χ1v) is 9.68. The van der Waals surface area contributed by atoms with E-state index in [1.807, 2.05) is 6.07 Å². The molecule has 0 bridgehead atoms. The molecule has 0 N–H and O–H groups in total. The molecule has 26 heavy (non-hydrogen) atoms. The summed E-state index contributed by atoms with van der Waals surface area (Å²) < 4.78 is 10.8. The molecule has 144 valence electrons. The van der Waals surface area contributed by atoms with Gasteiger partial charge in [0.2, 0.25) is 5.91 Å². The highest BCUT2D eigenvalue weighted by Crippen LogP contribution is 2.41. The largest absolute Gasteiger partial charge is 0.497 e. The second kappa shape index (κ2) is 7.87. The number of hydrogen-bond acceptors (Lipinski definition) is 4. The SMILES string of the molecule is COc1cc(CN2CCC3(CCC(=O)N(C(C)C)C3)CC2)cc(OC)c1. The van der Waals surface area contributed by atoms with Gasteiger partial charge in [-0.15, -0.1) is 0 Å². The Kier molecular flexibility index (Phi) is 5.76. The highest BCUT2D eigenvalue weighted by Gasteiger charge is 2.41. The zero-order chi connectivity index (χ0) is 18.7. The quantitative estimate of drug-likeness (QED) is 0.808. The standard InChI is InChI=1S/C21H32N2O3/c1-16(2)23-15-21(6-5-20(23)24)7-9-22(10-8-21)14-17-11-18(25-3)13-19(12-17)26-4/h11-13,16H,5-10,14-15H2,1-4H3. The van der Waals surface area contributed by atoms with Gasteiger partial charge in [-0.1, -0.05) is 0 Å². The van der Waals surface area contributed by atoms with E-state index in [0.29, 0.717) is 23.8 Å². The first-order valence-electron chi connectivity index (χ1n) is 9.68. The molecular weight excluding hydrogens is 328 g/mol. The highest BCUT2D eigenvalue weighted by molar-refractivity contribution is 5.77. The summed E-state index contributed by atoms with van der Waals surface area (Å²) in [5, 5.41) is 0. The van der Waals surface area contributed by atoms with Gasteiger partial charge in [-0.2, -0.15) is 0 Å². The third-order valence-electron chi connectivity index (χ3n) is 6.05. The smallest absolute Gasteiger partial charge is 0.222 e. The zero-order valence-electron chi connectivity index (χ0n) is 16.6. The molecule has 1 amide bonds. The van der Waals surface area contributed by atoms with Gasteiger partial charge in [0, 0.05) is 31.6 Å². The molecule has 2 aliphatic heterocycles. The molecule has 3 rings (SSSR count). The lowest BCUT2D eigenvalue weighted by Crippen LogP contribution is -2.53. The molecule has 0 saturated carbocycles. The first kappa shape index (κ1) is 19.0. The summed E-state index contributed by atoms with van der Waals surface area (Å²) in [5.74, 6) is 2.01. The molecule has 5 nitrogen and oxygen atoms in total. The van der Waals surface area contributed by atoms with Crippen molar-refractivity contribution in [2.24, 2.45) is 5.41 Å². The molecule has 2 fully saturated rings. The van der Waals surface area contributed by atoms with Gasteiger partial charge in [0.25, 0.3) is 0 Å². The van der Waals surface area contributed by atoms with E-state index in [2.05, 4.69) is 35.8 Å². The summed E-state index contributed by atoms with van der Waals surface area (Å²) >= 11 is 0. The van der Waals surface area contributed by atoms with E-state index >= 15 is 0 Å².